The standard InChI is InChI=1S/C15H27NO2/c1-12(2)16-10-8-14(9-11-16)18-15(17)13-6-4-3-5-7-13/h12-14H,3-11H2,1-2H3. The molecule has 0 atom stereocenters. The van der Waals surface area contributed by atoms with Gasteiger partial charge in [-0.3, -0.25) is 4.79 Å². The van der Waals surface area contributed by atoms with Gasteiger partial charge in [0.1, 0.15) is 6.10 Å². The molecule has 0 aromatic rings. The van der Waals surface area contributed by atoms with Crippen molar-refractivity contribution >= 4 is 5.97 Å². The molecular formula is C15H27NO2. The fourth-order valence-electron chi connectivity index (χ4n) is 3.11. The molecule has 1 aliphatic carbocycles. The molecule has 0 aromatic carbocycles. The molecule has 0 radical (unpaired) electrons. The number of esters is 1. The van der Waals surface area contributed by atoms with Crippen LogP contribution in [0.5, 0.6) is 0 Å². The van der Waals surface area contributed by atoms with E-state index in [9.17, 15) is 4.79 Å². The van der Waals surface area contributed by atoms with E-state index in [1.54, 1.807) is 0 Å². The molecule has 18 heavy (non-hydrogen) atoms. The third-order valence-corrected chi connectivity index (χ3v) is 4.43. The minimum atomic E-state index is 0.0812. The van der Waals surface area contributed by atoms with E-state index in [2.05, 4.69) is 18.7 Å². The molecule has 3 nitrogen and oxygen atoms in total. The van der Waals surface area contributed by atoms with Crippen LogP contribution in [0.15, 0.2) is 0 Å². The molecule has 0 aromatic heterocycles. The zero-order valence-electron chi connectivity index (χ0n) is 11.9. The maximum atomic E-state index is 12.0. The minimum absolute atomic E-state index is 0.0812. The van der Waals surface area contributed by atoms with Gasteiger partial charge in [-0.05, 0) is 39.5 Å². The van der Waals surface area contributed by atoms with Gasteiger partial charge in [0, 0.05) is 19.1 Å². The second kappa shape index (κ2) is 6.55. The van der Waals surface area contributed by atoms with Crippen LogP contribution in [0.1, 0.15) is 58.8 Å². The van der Waals surface area contributed by atoms with Gasteiger partial charge in [-0.1, -0.05) is 19.3 Å². The Kier molecular flexibility index (Phi) is 5.04. The highest BCUT2D eigenvalue weighted by Gasteiger charge is 2.28. The Bertz CT molecular complexity index is 264. The Hall–Kier alpha value is -0.570. The Labute approximate surface area is 111 Å². The summed E-state index contributed by atoms with van der Waals surface area (Å²) in [5, 5.41) is 0. The van der Waals surface area contributed by atoms with Gasteiger partial charge in [0.2, 0.25) is 0 Å². The molecular weight excluding hydrogens is 226 g/mol. The average Bonchev–Trinajstić information content (AvgIpc) is 2.40. The summed E-state index contributed by atoms with van der Waals surface area (Å²) in [5.41, 5.74) is 0. The number of carbonyl (C=O) groups is 1. The fourth-order valence-corrected chi connectivity index (χ4v) is 3.11. The summed E-state index contributed by atoms with van der Waals surface area (Å²) >= 11 is 0. The van der Waals surface area contributed by atoms with Crippen LogP contribution < -0.4 is 0 Å². The minimum Gasteiger partial charge on any atom is -0.462 e. The first-order valence-electron chi connectivity index (χ1n) is 7.61. The van der Waals surface area contributed by atoms with E-state index >= 15 is 0 Å². The number of hydrogen-bond acceptors (Lipinski definition) is 3. The monoisotopic (exact) mass is 253 g/mol. The number of rotatable bonds is 3. The van der Waals surface area contributed by atoms with Crippen LogP contribution in [-0.4, -0.2) is 36.1 Å². The van der Waals surface area contributed by atoms with E-state index < -0.39 is 0 Å². The lowest BCUT2D eigenvalue weighted by molar-refractivity contribution is -0.157. The molecule has 1 saturated carbocycles. The lowest BCUT2D eigenvalue weighted by atomic mass is 9.89. The highest BCUT2D eigenvalue weighted by molar-refractivity contribution is 5.72. The maximum Gasteiger partial charge on any atom is 0.309 e. The zero-order chi connectivity index (χ0) is 13.0. The molecule has 1 heterocycles. The lowest BCUT2D eigenvalue weighted by Crippen LogP contribution is -2.42. The quantitative estimate of drug-likeness (QED) is 0.724. The van der Waals surface area contributed by atoms with Gasteiger partial charge in [0.05, 0.1) is 5.92 Å². The molecule has 104 valence electrons. The average molecular weight is 253 g/mol. The Balaban J connectivity index is 1.72. The number of carbonyl (C=O) groups excluding carboxylic acids is 1. The second-order valence-corrected chi connectivity index (χ2v) is 6.10. The molecule has 2 aliphatic rings. The summed E-state index contributed by atoms with van der Waals surface area (Å²) in [4.78, 5) is 14.5. The third kappa shape index (κ3) is 3.71. The summed E-state index contributed by atoms with van der Waals surface area (Å²) < 4.78 is 5.69. The van der Waals surface area contributed by atoms with Crippen LogP contribution in [0.3, 0.4) is 0 Å². The molecule has 1 aliphatic heterocycles. The largest absolute Gasteiger partial charge is 0.462 e. The molecule has 3 heteroatoms. The van der Waals surface area contributed by atoms with Crippen molar-refractivity contribution in [3.8, 4) is 0 Å². The lowest BCUT2D eigenvalue weighted by Gasteiger charge is -2.34. The van der Waals surface area contributed by atoms with E-state index in [-0.39, 0.29) is 18.0 Å². The normalized spacial score (nSPS) is 24.4. The van der Waals surface area contributed by atoms with Crippen LogP contribution in [0.2, 0.25) is 0 Å². The van der Waals surface area contributed by atoms with E-state index in [0.29, 0.717) is 6.04 Å². The van der Waals surface area contributed by atoms with Crippen molar-refractivity contribution in [3.05, 3.63) is 0 Å². The zero-order valence-corrected chi connectivity index (χ0v) is 11.9. The molecule has 0 bridgehead atoms. The number of likely N-dealkylation sites (tertiary alicyclic amines) is 1. The number of piperidine rings is 1. The van der Waals surface area contributed by atoms with E-state index in [1.807, 2.05) is 0 Å². The topological polar surface area (TPSA) is 29.5 Å². The van der Waals surface area contributed by atoms with Gasteiger partial charge < -0.3 is 9.64 Å². The highest BCUT2D eigenvalue weighted by Crippen LogP contribution is 2.26. The van der Waals surface area contributed by atoms with Crippen molar-refractivity contribution in [1.29, 1.82) is 0 Å². The van der Waals surface area contributed by atoms with Gasteiger partial charge in [-0.2, -0.15) is 0 Å². The van der Waals surface area contributed by atoms with Crippen LogP contribution in [0.4, 0.5) is 0 Å². The van der Waals surface area contributed by atoms with Crippen molar-refractivity contribution in [2.45, 2.75) is 70.9 Å². The molecule has 0 amide bonds. The van der Waals surface area contributed by atoms with E-state index in [4.69, 9.17) is 4.74 Å². The SMILES string of the molecule is CC(C)N1CCC(OC(=O)C2CCCCC2)CC1. The first kappa shape index (κ1) is 13.9. The Morgan fingerprint density at radius 3 is 2.22 bits per heavy atom. The maximum absolute atomic E-state index is 12.0. The summed E-state index contributed by atoms with van der Waals surface area (Å²) in [6.45, 7) is 6.60. The van der Waals surface area contributed by atoms with Gasteiger partial charge in [0.15, 0.2) is 0 Å². The fraction of sp³-hybridized carbons (Fsp3) is 0.933. The summed E-state index contributed by atoms with van der Waals surface area (Å²) in [5.74, 6) is 0.277. The Morgan fingerprint density at radius 2 is 1.67 bits per heavy atom. The summed E-state index contributed by atoms with van der Waals surface area (Å²) in [6, 6.07) is 0.611. The molecule has 0 unspecified atom stereocenters. The van der Waals surface area contributed by atoms with Crippen molar-refractivity contribution < 1.29 is 9.53 Å². The van der Waals surface area contributed by atoms with Gasteiger partial charge in [0.25, 0.3) is 0 Å². The predicted octanol–water partition coefficient (Wildman–Crippen LogP) is 2.98. The van der Waals surface area contributed by atoms with Crippen LogP contribution in [0, 0.1) is 5.92 Å². The van der Waals surface area contributed by atoms with E-state index in [1.165, 1.54) is 19.3 Å². The van der Waals surface area contributed by atoms with Crippen LogP contribution in [-0.2, 0) is 9.53 Å². The summed E-state index contributed by atoms with van der Waals surface area (Å²) in [6.07, 6.45) is 7.98. The number of nitrogens with zero attached hydrogens (tertiary/aromatic N) is 1. The van der Waals surface area contributed by atoms with Gasteiger partial charge >= 0.3 is 5.97 Å². The van der Waals surface area contributed by atoms with Gasteiger partial charge in [-0.15, -0.1) is 0 Å². The first-order valence-corrected chi connectivity index (χ1v) is 7.61. The van der Waals surface area contributed by atoms with Crippen molar-refractivity contribution in [2.75, 3.05) is 13.1 Å². The number of ether oxygens (including phenoxy) is 1. The first-order chi connectivity index (χ1) is 8.66. The third-order valence-electron chi connectivity index (χ3n) is 4.43. The van der Waals surface area contributed by atoms with Crippen molar-refractivity contribution in [3.63, 3.8) is 0 Å². The highest BCUT2D eigenvalue weighted by atomic mass is 16.5. The molecule has 0 N–H and O–H groups in total. The Morgan fingerprint density at radius 1 is 1.06 bits per heavy atom. The molecule has 0 spiro atoms. The van der Waals surface area contributed by atoms with Crippen molar-refractivity contribution in [1.82, 2.24) is 4.90 Å². The number of hydrogen-bond donors (Lipinski definition) is 0. The van der Waals surface area contributed by atoms with Crippen LogP contribution in [0.25, 0.3) is 0 Å². The van der Waals surface area contributed by atoms with Gasteiger partial charge in [-0.25, -0.2) is 0 Å². The molecule has 2 fully saturated rings. The van der Waals surface area contributed by atoms with E-state index in [0.717, 1.165) is 38.8 Å². The predicted molar refractivity (Wildman–Crippen MR) is 72.4 cm³/mol. The molecule has 2 rings (SSSR count). The smallest absolute Gasteiger partial charge is 0.309 e. The van der Waals surface area contributed by atoms with Crippen molar-refractivity contribution in [2.24, 2.45) is 5.92 Å². The second-order valence-electron chi connectivity index (χ2n) is 6.10. The summed E-state index contributed by atoms with van der Waals surface area (Å²) in [7, 11) is 0. The molecule has 1 saturated heterocycles. The van der Waals surface area contributed by atoms with Crippen LogP contribution >= 0.6 is 0 Å².